The molecule has 0 bridgehead atoms. The van der Waals surface area contributed by atoms with Gasteiger partial charge in [-0.05, 0) is 12.5 Å². The third-order valence-corrected chi connectivity index (χ3v) is 3.02. The fraction of sp³-hybridized carbons (Fsp3) is 0.267. The molecule has 0 radical (unpaired) electrons. The Morgan fingerprint density at radius 2 is 2.00 bits per heavy atom. The number of carbonyl (C=O) groups excluding carboxylic acids is 2. The molecule has 1 aromatic heterocycles. The molecule has 0 aliphatic carbocycles. The Morgan fingerprint density at radius 3 is 2.65 bits per heavy atom. The first-order valence-electron chi connectivity index (χ1n) is 6.44. The highest BCUT2D eigenvalue weighted by molar-refractivity contribution is 5.91. The number of hydrogen-bond acceptors (Lipinski definition) is 3. The zero-order valence-corrected chi connectivity index (χ0v) is 11.5. The summed E-state index contributed by atoms with van der Waals surface area (Å²) in [5.74, 6) is -0.00623. The van der Waals surface area contributed by atoms with Crippen LogP contribution >= 0.6 is 0 Å². The lowest BCUT2D eigenvalue weighted by atomic mass is 10.1. The van der Waals surface area contributed by atoms with E-state index in [0.717, 1.165) is 5.56 Å². The lowest BCUT2D eigenvalue weighted by molar-refractivity contribution is -0.122. The Kier molecular flexibility index (Phi) is 4.30. The van der Waals surface area contributed by atoms with Crippen molar-refractivity contribution in [2.45, 2.75) is 26.4 Å². The van der Waals surface area contributed by atoms with E-state index >= 15 is 0 Å². The van der Waals surface area contributed by atoms with Crippen molar-refractivity contribution in [1.82, 2.24) is 14.9 Å². The molecule has 1 atom stereocenters. The molecule has 2 aromatic rings. The minimum atomic E-state index is -0.154. The fourth-order valence-electron chi connectivity index (χ4n) is 2.02. The van der Waals surface area contributed by atoms with Gasteiger partial charge in [-0.1, -0.05) is 30.3 Å². The smallest absolute Gasteiger partial charge is 0.240 e. The Balaban J connectivity index is 1.99. The van der Waals surface area contributed by atoms with E-state index in [0.29, 0.717) is 5.82 Å². The molecule has 5 nitrogen and oxygen atoms in total. The quantitative estimate of drug-likeness (QED) is 0.845. The molecule has 5 heteroatoms. The van der Waals surface area contributed by atoms with Gasteiger partial charge in [0.05, 0.1) is 6.04 Å². The number of nitrogens with one attached hydrogen (secondary N) is 1. The molecule has 0 saturated heterocycles. The number of hydrogen-bond donors (Lipinski definition) is 1. The van der Waals surface area contributed by atoms with Crippen molar-refractivity contribution >= 4 is 11.7 Å². The topological polar surface area (TPSA) is 64.0 Å². The van der Waals surface area contributed by atoms with Crippen molar-refractivity contribution < 1.29 is 9.59 Å². The fourth-order valence-corrected chi connectivity index (χ4v) is 2.02. The number of carbonyl (C=O) groups is 2. The number of imidazole rings is 1. The second-order valence-corrected chi connectivity index (χ2v) is 4.63. The monoisotopic (exact) mass is 271 g/mol. The average Bonchev–Trinajstić information content (AvgIpc) is 2.87. The highest BCUT2D eigenvalue weighted by Crippen LogP contribution is 2.11. The van der Waals surface area contributed by atoms with E-state index in [4.69, 9.17) is 0 Å². The van der Waals surface area contributed by atoms with E-state index in [1.54, 1.807) is 10.8 Å². The van der Waals surface area contributed by atoms with Gasteiger partial charge in [0.15, 0.2) is 11.6 Å². The number of nitrogens with zero attached hydrogens (tertiary/aromatic N) is 2. The lowest BCUT2D eigenvalue weighted by Gasteiger charge is -2.15. The van der Waals surface area contributed by atoms with Crippen LogP contribution in [0.2, 0.25) is 0 Å². The molecular formula is C15H17N3O2. The Labute approximate surface area is 117 Å². The van der Waals surface area contributed by atoms with Crippen LogP contribution in [-0.4, -0.2) is 21.2 Å². The van der Waals surface area contributed by atoms with Gasteiger partial charge in [-0.3, -0.25) is 9.59 Å². The van der Waals surface area contributed by atoms with Crippen molar-refractivity contribution in [3.8, 4) is 0 Å². The summed E-state index contributed by atoms with van der Waals surface area (Å²) < 4.78 is 1.55. The summed E-state index contributed by atoms with van der Waals surface area (Å²) in [6, 6.07) is 9.64. The van der Waals surface area contributed by atoms with Crippen LogP contribution in [0.25, 0.3) is 0 Å². The molecule has 1 amide bonds. The van der Waals surface area contributed by atoms with Gasteiger partial charge in [-0.25, -0.2) is 4.98 Å². The van der Waals surface area contributed by atoms with Gasteiger partial charge < -0.3 is 9.88 Å². The number of rotatable bonds is 5. The van der Waals surface area contributed by atoms with E-state index in [1.165, 1.54) is 13.1 Å². The first kappa shape index (κ1) is 14.0. The zero-order valence-electron chi connectivity index (χ0n) is 11.5. The summed E-state index contributed by atoms with van der Waals surface area (Å²) in [5.41, 5.74) is 1.04. The van der Waals surface area contributed by atoms with Gasteiger partial charge in [0.1, 0.15) is 6.54 Å². The van der Waals surface area contributed by atoms with E-state index in [2.05, 4.69) is 10.3 Å². The number of aromatic nitrogens is 2. The minimum Gasteiger partial charge on any atom is -0.348 e. The summed E-state index contributed by atoms with van der Waals surface area (Å²) >= 11 is 0. The molecule has 0 saturated carbocycles. The van der Waals surface area contributed by atoms with Gasteiger partial charge in [0, 0.05) is 19.3 Å². The number of benzene rings is 1. The van der Waals surface area contributed by atoms with E-state index in [1.807, 2.05) is 37.3 Å². The summed E-state index contributed by atoms with van der Waals surface area (Å²) in [5, 5.41) is 2.90. The Morgan fingerprint density at radius 1 is 1.30 bits per heavy atom. The zero-order chi connectivity index (χ0) is 14.5. The van der Waals surface area contributed by atoms with E-state index in [-0.39, 0.29) is 24.3 Å². The predicted molar refractivity (Wildman–Crippen MR) is 75.2 cm³/mol. The second-order valence-electron chi connectivity index (χ2n) is 4.63. The SMILES string of the molecule is CC(=O)c1nccn1CC(=O)N[C@H](C)c1ccccc1. The summed E-state index contributed by atoms with van der Waals surface area (Å²) in [7, 11) is 0. The van der Waals surface area contributed by atoms with Crippen molar-refractivity contribution in [1.29, 1.82) is 0 Å². The number of ketones is 1. The van der Waals surface area contributed by atoms with Crippen molar-refractivity contribution in [2.24, 2.45) is 0 Å². The van der Waals surface area contributed by atoms with Crippen LogP contribution in [0.5, 0.6) is 0 Å². The maximum atomic E-state index is 12.0. The van der Waals surface area contributed by atoms with E-state index in [9.17, 15) is 9.59 Å². The summed E-state index contributed by atoms with van der Waals surface area (Å²) in [6.07, 6.45) is 3.15. The number of Topliss-reactive ketones (excluding diaryl/α,β-unsaturated/α-hetero) is 1. The largest absolute Gasteiger partial charge is 0.348 e. The molecular weight excluding hydrogens is 254 g/mol. The summed E-state index contributed by atoms with van der Waals surface area (Å²) in [6.45, 7) is 3.45. The normalized spacial score (nSPS) is 11.9. The molecule has 0 aliphatic heterocycles. The molecule has 20 heavy (non-hydrogen) atoms. The maximum Gasteiger partial charge on any atom is 0.240 e. The lowest BCUT2D eigenvalue weighted by Crippen LogP contribution is -2.30. The molecule has 0 fully saturated rings. The van der Waals surface area contributed by atoms with Gasteiger partial charge in [-0.15, -0.1) is 0 Å². The first-order valence-corrected chi connectivity index (χ1v) is 6.44. The molecule has 104 valence electrons. The molecule has 2 rings (SSSR count). The first-order chi connectivity index (χ1) is 9.58. The highest BCUT2D eigenvalue weighted by atomic mass is 16.2. The van der Waals surface area contributed by atoms with Gasteiger partial charge in [0.25, 0.3) is 0 Å². The van der Waals surface area contributed by atoms with Crippen LogP contribution in [0.3, 0.4) is 0 Å². The average molecular weight is 271 g/mol. The van der Waals surface area contributed by atoms with Crippen molar-refractivity contribution in [3.05, 3.63) is 54.1 Å². The maximum absolute atomic E-state index is 12.0. The van der Waals surface area contributed by atoms with Gasteiger partial charge >= 0.3 is 0 Å². The minimum absolute atomic E-state index is 0.0759. The third kappa shape index (κ3) is 3.32. The molecule has 1 N–H and O–H groups in total. The van der Waals surface area contributed by atoms with Crippen LogP contribution in [0.1, 0.15) is 36.1 Å². The predicted octanol–water partition coefficient (Wildman–Crippen LogP) is 1.96. The second kappa shape index (κ2) is 6.14. The van der Waals surface area contributed by atoms with Crippen LogP contribution in [-0.2, 0) is 11.3 Å². The van der Waals surface area contributed by atoms with Crippen molar-refractivity contribution in [3.63, 3.8) is 0 Å². The molecule has 0 spiro atoms. The Bertz CT molecular complexity index is 605. The van der Waals surface area contributed by atoms with Crippen molar-refractivity contribution in [2.75, 3.05) is 0 Å². The van der Waals surface area contributed by atoms with E-state index < -0.39 is 0 Å². The van der Waals surface area contributed by atoms with Gasteiger partial charge in [0.2, 0.25) is 5.91 Å². The molecule has 0 aliphatic rings. The highest BCUT2D eigenvalue weighted by Gasteiger charge is 2.13. The standard InChI is InChI=1S/C15H17N3O2/c1-11(13-6-4-3-5-7-13)17-14(20)10-18-9-8-16-15(18)12(2)19/h3-9,11H,10H2,1-2H3,(H,17,20)/t11-/m1/s1. The number of amides is 1. The van der Waals surface area contributed by atoms with Gasteiger partial charge in [-0.2, -0.15) is 0 Å². The third-order valence-electron chi connectivity index (χ3n) is 3.02. The molecule has 0 unspecified atom stereocenters. The Hall–Kier alpha value is -2.43. The summed E-state index contributed by atoms with van der Waals surface area (Å²) in [4.78, 5) is 27.3. The molecule has 1 aromatic carbocycles. The van der Waals surface area contributed by atoms with Crippen LogP contribution in [0.4, 0.5) is 0 Å². The molecule has 1 heterocycles. The van der Waals surface area contributed by atoms with Crippen LogP contribution in [0.15, 0.2) is 42.7 Å². The van der Waals surface area contributed by atoms with Crippen LogP contribution in [0, 0.1) is 0 Å². The van der Waals surface area contributed by atoms with Crippen LogP contribution < -0.4 is 5.32 Å².